The zero-order valence-electron chi connectivity index (χ0n) is 8.40. The lowest BCUT2D eigenvalue weighted by Gasteiger charge is -2.00. The zero-order chi connectivity index (χ0) is 10.8. The quantitative estimate of drug-likeness (QED) is 0.885. The highest BCUT2D eigenvalue weighted by Gasteiger charge is 2.06. The Morgan fingerprint density at radius 1 is 1.27 bits per heavy atom. The topological polar surface area (TPSA) is 27.8 Å². The molecule has 1 aromatic heterocycles. The summed E-state index contributed by atoms with van der Waals surface area (Å²) >= 11 is 7.03. The van der Waals surface area contributed by atoms with E-state index in [0.29, 0.717) is 0 Å². The molecule has 2 rings (SSSR count). The molecular weight excluding hydrogens is 320 g/mol. The average Bonchev–Trinajstić information content (AvgIpc) is 2.59. The summed E-state index contributed by atoms with van der Waals surface area (Å²) in [6.45, 7) is 1.00. The molecule has 80 valence electrons. The molecule has 0 atom stereocenters. The van der Waals surface area contributed by atoms with Crippen molar-refractivity contribution in [3.8, 4) is 0 Å². The van der Waals surface area contributed by atoms with Gasteiger partial charge in [0.05, 0.1) is 0 Å². The highest BCUT2D eigenvalue weighted by Crippen LogP contribution is 2.30. The van der Waals surface area contributed by atoms with E-state index < -0.39 is 0 Å². The van der Waals surface area contributed by atoms with Crippen molar-refractivity contribution in [3.05, 3.63) is 32.8 Å². The highest BCUT2D eigenvalue weighted by atomic mass is 79.9. The van der Waals surface area contributed by atoms with Crippen molar-refractivity contribution in [2.24, 2.45) is 0 Å². The lowest BCUT2D eigenvalue weighted by Crippen LogP contribution is -2.09. The summed E-state index contributed by atoms with van der Waals surface area (Å²) in [6.07, 6.45) is 3.13. The second-order valence-electron chi connectivity index (χ2n) is 3.48. The molecule has 0 spiro atoms. The van der Waals surface area contributed by atoms with Gasteiger partial charge >= 0.3 is 0 Å². The van der Waals surface area contributed by atoms with Crippen molar-refractivity contribution in [3.63, 3.8) is 0 Å². The number of likely N-dealkylation sites (N-methyl/N-ethyl adjacent to an activating group) is 1. The van der Waals surface area contributed by atoms with Crippen LogP contribution in [-0.4, -0.2) is 18.6 Å². The second-order valence-corrected chi connectivity index (χ2v) is 5.19. The molecule has 0 unspecified atom stereocenters. The zero-order valence-corrected chi connectivity index (χ0v) is 11.6. The summed E-state index contributed by atoms with van der Waals surface area (Å²) in [5.41, 5.74) is 2.53. The molecule has 0 aliphatic rings. The Bertz CT molecular complexity index is 477. The van der Waals surface area contributed by atoms with Crippen LogP contribution in [0.2, 0.25) is 0 Å². The average molecular weight is 332 g/mol. The molecule has 2 N–H and O–H groups in total. The van der Waals surface area contributed by atoms with Crippen molar-refractivity contribution in [1.29, 1.82) is 0 Å². The van der Waals surface area contributed by atoms with Crippen LogP contribution < -0.4 is 5.32 Å². The van der Waals surface area contributed by atoms with E-state index in [2.05, 4.69) is 60.5 Å². The van der Waals surface area contributed by atoms with E-state index >= 15 is 0 Å². The number of aromatic nitrogens is 1. The third kappa shape index (κ3) is 2.27. The fourth-order valence-electron chi connectivity index (χ4n) is 1.64. The van der Waals surface area contributed by atoms with Crippen LogP contribution in [-0.2, 0) is 6.42 Å². The summed E-state index contributed by atoms with van der Waals surface area (Å²) in [6, 6.07) is 4.25. The lowest BCUT2D eigenvalue weighted by atomic mass is 10.1. The smallest absolute Gasteiger partial charge is 0.0468 e. The van der Waals surface area contributed by atoms with Gasteiger partial charge in [0.15, 0.2) is 0 Å². The molecule has 4 heteroatoms. The first kappa shape index (κ1) is 11.2. The number of rotatable bonds is 3. The SMILES string of the molecule is CNCCc1c[nH]c2cc(Br)c(Br)cc12. The van der Waals surface area contributed by atoms with Crippen molar-refractivity contribution < 1.29 is 0 Å². The predicted molar refractivity (Wildman–Crippen MR) is 71.3 cm³/mol. The summed E-state index contributed by atoms with van der Waals surface area (Å²) in [5.74, 6) is 0. The summed E-state index contributed by atoms with van der Waals surface area (Å²) in [5, 5.41) is 4.45. The molecule has 0 bridgehead atoms. The first-order chi connectivity index (χ1) is 7.22. The normalized spacial score (nSPS) is 11.1. The van der Waals surface area contributed by atoms with Crippen LogP contribution in [0, 0.1) is 0 Å². The molecule has 0 fully saturated rings. The number of aromatic amines is 1. The Kier molecular flexibility index (Phi) is 3.49. The first-order valence-corrected chi connectivity index (χ1v) is 6.40. The fraction of sp³-hybridized carbons (Fsp3) is 0.273. The van der Waals surface area contributed by atoms with E-state index in [1.54, 1.807) is 0 Å². The Balaban J connectivity index is 2.45. The summed E-state index contributed by atoms with van der Waals surface area (Å²) in [4.78, 5) is 3.29. The number of fused-ring (bicyclic) bond motifs is 1. The van der Waals surface area contributed by atoms with Crippen LogP contribution in [0.15, 0.2) is 27.3 Å². The molecule has 2 aromatic rings. The first-order valence-electron chi connectivity index (χ1n) is 4.82. The van der Waals surface area contributed by atoms with Gasteiger partial charge in [0.25, 0.3) is 0 Å². The standard InChI is InChI=1S/C11H12Br2N2/c1-14-3-2-7-6-15-11-5-10(13)9(12)4-8(7)11/h4-6,14-15H,2-3H2,1H3. The molecule has 1 aromatic carbocycles. The van der Waals surface area contributed by atoms with Crippen molar-refractivity contribution in [2.75, 3.05) is 13.6 Å². The molecule has 0 saturated heterocycles. The summed E-state index contributed by atoms with van der Waals surface area (Å²) in [7, 11) is 1.97. The van der Waals surface area contributed by atoms with Crippen molar-refractivity contribution in [2.45, 2.75) is 6.42 Å². The van der Waals surface area contributed by atoms with Gasteiger partial charge in [0, 0.05) is 26.0 Å². The molecular formula is C11H12Br2N2. The largest absolute Gasteiger partial charge is 0.361 e. The van der Waals surface area contributed by atoms with Crippen LogP contribution in [0.25, 0.3) is 10.9 Å². The van der Waals surface area contributed by atoms with E-state index in [1.165, 1.54) is 16.5 Å². The van der Waals surface area contributed by atoms with E-state index in [0.717, 1.165) is 21.9 Å². The van der Waals surface area contributed by atoms with E-state index in [-0.39, 0.29) is 0 Å². The number of nitrogens with one attached hydrogen (secondary N) is 2. The minimum absolute atomic E-state index is 1.00. The van der Waals surface area contributed by atoms with Gasteiger partial charge in [0.1, 0.15) is 0 Å². The minimum atomic E-state index is 1.00. The Morgan fingerprint density at radius 2 is 2.00 bits per heavy atom. The number of halogens is 2. The van der Waals surface area contributed by atoms with E-state index in [9.17, 15) is 0 Å². The molecule has 0 radical (unpaired) electrons. The fourth-order valence-corrected chi connectivity index (χ4v) is 2.33. The molecule has 1 heterocycles. The Hall–Kier alpha value is -0.320. The number of hydrogen-bond donors (Lipinski definition) is 2. The summed E-state index contributed by atoms with van der Waals surface area (Å²) < 4.78 is 2.18. The maximum absolute atomic E-state index is 3.53. The van der Waals surface area contributed by atoms with Crippen LogP contribution in [0.4, 0.5) is 0 Å². The Labute approximate surface area is 106 Å². The molecule has 0 amide bonds. The molecule has 15 heavy (non-hydrogen) atoms. The second kappa shape index (κ2) is 4.68. The van der Waals surface area contributed by atoms with Gasteiger partial charge in [-0.3, -0.25) is 0 Å². The van der Waals surface area contributed by atoms with E-state index in [1.807, 2.05) is 7.05 Å². The van der Waals surface area contributed by atoms with Gasteiger partial charge in [-0.15, -0.1) is 0 Å². The maximum atomic E-state index is 3.53. The van der Waals surface area contributed by atoms with Crippen LogP contribution >= 0.6 is 31.9 Å². The van der Waals surface area contributed by atoms with Gasteiger partial charge in [0.2, 0.25) is 0 Å². The van der Waals surface area contributed by atoms with Gasteiger partial charge < -0.3 is 10.3 Å². The van der Waals surface area contributed by atoms with Crippen LogP contribution in [0.1, 0.15) is 5.56 Å². The predicted octanol–water partition coefficient (Wildman–Crippen LogP) is 3.45. The number of benzene rings is 1. The third-order valence-electron chi connectivity index (χ3n) is 2.45. The van der Waals surface area contributed by atoms with Gasteiger partial charge in [-0.25, -0.2) is 0 Å². The van der Waals surface area contributed by atoms with Crippen molar-refractivity contribution in [1.82, 2.24) is 10.3 Å². The molecule has 0 saturated carbocycles. The van der Waals surface area contributed by atoms with Gasteiger partial charge in [-0.2, -0.15) is 0 Å². The van der Waals surface area contributed by atoms with Crippen LogP contribution in [0.3, 0.4) is 0 Å². The van der Waals surface area contributed by atoms with Gasteiger partial charge in [-0.1, -0.05) is 0 Å². The van der Waals surface area contributed by atoms with Crippen LogP contribution in [0.5, 0.6) is 0 Å². The number of hydrogen-bond acceptors (Lipinski definition) is 1. The maximum Gasteiger partial charge on any atom is 0.0468 e. The monoisotopic (exact) mass is 330 g/mol. The molecule has 2 nitrogen and oxygen atoms in total. The van der Waals surface area contributed by atoms with Crippen molar-refractivity contribution >= 4 is 42.8 Å². The molecule has 0 aliphatic carbocycles. The highest BCUT2D eigenvalue weighted by molar-refractivity contribution is 9.13. The third-order valence-corrected chi connectivity index (χ3v) is 4.30. The van der Waals surface area contributed by atoms with Gasteiger partial charge in [-0.05, 0) is 69.6 Å². The number of H-pyrrole nitrogens is 1. The minimum Gasteiger partial charge on any atom is -0.361 e. The molecule has 0 aliphatic heterocycles. The Morgan fingerprint density at radius 3 is 2.73 bits per heavy atom. The lowest BCUT2D eigenvalue weighted by molar-refractivity contribution is 0.795. The van der Waals surface area contributed by atoms with E-state index in [4.69, 9.17) is 0 Å².